The molecule has 3 aromatic carbocycles. The number of esters is 1. The van der Waals surface area contributed by atoms with E-state index >= 15 is 0 Å². The monoisotopic (exact) mass is 497 g/mol. The molecule has 0 aliphatic heterocycles. The third-order valence-corrected chi connectivity index (χ3v) is 5.36. The minimum Gasteiger partial charge on any atom is -0.452 e. The van der Waals surface area contributed by atoms with Gasteiger partial charge in [-0.3, -0.25) is 14.9 Å². The minimum atomic E-state index is -0.815. The number of aromatic nitrogens is 2. The van der Waals surface area contributed by atoms with E-state index in [0.717, 1.165) is 6.07 Å². The van der Waals surface area contributed by atoms with Crippen molar-refractivity contribution in [3.05, 3.63) is 109 Å². The van der Waals surface area contributed by atoms with Crippen LogP contribution in [0.2, 0.25) is 10.0 Å². The lowest BCUT2D eigenvalue weighted by Gasteiger charge is -2.08. The Bertz CT molecular complexity index is 1420. The fraction of sp³-hybridized carbons (Fsp3) is 0.0435. The number of hydrogen-bond donors (Lipinski definition) is 0. The summed E-state index contributed by atoms with van der Waals surface area (Å²) in [6, 6.07) is 16.5. The summed E-state index contributed by atoms with van der Waals surface area (Å²) in [6.07, 6.45) is 0. The lowest BCUT2D eigenvalue weighted by atomic mass is 9.98. The van der Waals surface area contributed by atoms with Gasteiger partial charge in [0.15, 0.2) is 12.4 Å². The van der Waals surface area contributed by atoms with Crippen molar-refractivity contribution in [1.29, 1.82) is 0 Å². The number of nitro groups is 1. The van der Waals surface area contributed by atoms with E-state index in [2.05, 4.69) is 10.1 Å². The molecule has 4 rings (SSSR count). The molecule has 0 aliphatic rings. The second-order valence-electron chi connectivity index (χ2n) is 6.87. The molecule has 0 bridgehead atoms. The Morgan fingerprint density at radius 3 is 2.41 bits per heavy atom. The smallest absolute Gasteiger partial charge is 0.339 e. The number of ether oxygens (including phenoxy) is 1. The van der Waals surface area contributed by atoms with Crippen LogP contribution < -0.4 is 0 Å². The third-order valence-electron chi connectivity index (χ3n) is 4.71. The van der Waals surface area contributed by atoms with Crippen molar-refractivity contribution in [2.24, 2.45) is 0 Å². The van der Waals surface area contributed by atoms with Gasteiger partial charge in [-0.05, 0) is 30.3 Å². The Morgan fingerprint density at radius 2 is 1.68 bits per heavy atom. The van der Waals surface area contributed by atoms with E-state index in [0.29, 0.717) is 10.6 Å². The summed E-state index contributed by atoms with van der Waals surface area (Å²) in [7, 11) is 0. The summed E-state index contributed by atoms with van der Waals surface area (Å²) in [4.78, 5) is 40.3. The number of nitrogens with zero attached hydrogens (tertiary/aromatic N) is 3. The van der Waals surface area contributed by atoms with E-state index in [4.69, 9.17) is 32.5 Å². The molecule has 0 fully saturated rings. The molecule has 0 saturated carbocycles. The number of rotatable bonds is 7. The van der Waals surface area contributed by atoms with E-state index in [1.807, 2.05) is 0 Å². The van der Waals surface area contributed by atoms with Crippen LogP contribution in [-0.2, 0) is 11.3 Å². The summed E-state index contributed by atoms with van der Waals surface area (Å²) >= 11 is 11.9. The van der Waals surface area contributed by atoms with Crippen LogP contribution in [0.3, 0.4) is 0 Å². The lowest BCUT2D eigenvalue weighted by molar-refractivity contribution is -0.384. The van der Waals surface area contributed by atoms with Crippen LogP contribution in [0.15, 0.2) is 71.3 Å². The lowest BCUT2D eigenvalue weighted by Crippen LogP contribution is -2.13. The van der Waals surface area contributed by atoms with Crippen LogP contribution >= 0.6 is 23.2 Å². The highest BCUT2D eigenvalue weighted by Gasteiger charge is 2.23. The molecule has 0 N–H and O–H groups in total. The van der Waals surface area contributed by atoms with Gasteiger partial charge in [-0.1, -0.05) is 58.7 Å². The van der Waals surface area contributed by atoms with Crippen LogP contribution in [0, 0.1) is 10.1 Å². The average molecular weight is 498 g/mol. The van der Waals surface area contributed by atoms with E-state index in [9.17, 15) is 19.7 Å². The maximum atomic E-state index is 13.0. The normalized spacial score (nSPS) is 10.6. The number of ketones is 1. The Balaban J connectivity index is 1.53. The largest absolute Gasteiger partial charge is 0.452 e. The summed E-state index contributed by atoms with van der Waals surface area (Å²) in [6.45, 7) is -0.342. The van der Waals surface area contributed by atoms with Crippen LogP contribution in [0.1, 0.15) is 32.2 Å². The first-order chi connectivity index (χ1) is 16.3. The van der Waals surface area contributed by atoms with Gasteiger partial charge in [0, 0.05) is 22.8 Å². The SMILES string of the molecule is O=C(OCc1nc(-c2ccccc2Cl)no1)c1ccccc1C(=O)c1ccc(Cl)c([N+](=O)[O-])c1. The van der Waals surface area contributed by atoms with Gasteiger partial charge in [0.05, 0.1) is 15.5 Å². The summed E-state index contributed by atoms with van der Waals surface area (Å²) in [5, 5.41) is 15.3. The van der Waals surface area contributed by atoms with E-state index < -0.39 is 22.4 Å². The summed E-state index contributed by atoms with van der Waals surface area (Å²) in [5.41, 5.74) is 0.108. The molecule has 0 spiro atoms. The molecule has 170 valence electrons. The number of carbonyl (C=O) groups is 2. The number of hydrogen-bond acceptors (Lipinski definition) is 8. The number of benzene rings is 3. The molecule has 0 unspecified atom stereocenters. The van der Waals surface area contributed by atoms with Crippen molar-refractivity contribution in [2.75, 3.05) is 0 Å². The van der Waals surface area contributed by atoms with Crippen molar-refractivity contribution in [2.45, 2.75) is 6.61 Å². The van der Waals surface area contributed by atoms with Crippen molar-refractivity contribution in [3.8, 4) is 11.4 Å². The molecule has 0 aliphatic carbocycles. The zero-order valence-corrected chi connectivity index (χ0v) is 18.6. The van der Waals surface area contributed by atoms with Gasteiger partial charge in [0.25, 0.3) is 11.6 Å². The summed E-state index contributed by atoms with van der Waals surface area (Å²) < 4.78 is 10.4. The van der Waals surface area contributed by atoms with Gasteiger partial charge in [0.1, 0.15) is 5.02 Å². The van der Waals surface area contributed by atoms with Crippen molar-refractivity contribution >= 4 is 40.6 Å². The van der Waals surface area contributed by atoms with Crippen molar-refractivity contribution in [1.82, 2.24) is 10.1 Å². The number of halogens is 2. The molecule has 0 atom stereocenters. The predicted molar refractivity (Wildman–Crippen MR) is 122 cm³/mol. The summed E-state index contributed by atoms with van der Waals surface area (Å²) in [5.74, 6) is -1.16. The molecule has 34 heavy (non-hydrogen) atoms. The fourth-order valence-electron chi connectivity index (χ4n) is 3.08. The Morgan fingerprint density at radius 1 is 0.971 bits per heavy atom. The molecular weight excluding hydrogens is 485 g/mol. The topological polar surface area (TPSA) is 125 Å². The molecule has 1 heterocycles. The average Bonchev–Trinajstić information content (AvgIpc) is 3.31. The first kappa shape index (κ1) is 23.1. The highest BCUT2D eigenvalue weighted by molar-refractivity contribution is 6.33. The first-order valence-corrected chi connectivity index (χ1v) is 10.4. The second kappa shape index (κ2) is 9.82. The highest BCUT2D eigenvalue weighted by atomic mass is 35.5. The number of nitro benzene ring substituents is 1. The van der Waals surface area contributed by atoms with Crippen LogP contribution in [0.25, 0.3) is 11.4 Å². The quantitative estimate of drug-likeness (QED) is 0.141. The molecule has 4 aromatic rings. The maximum absolute atomic E-state index is 13.0. The number of carbonyl (C=O) groups excluding carboxylic acids is 2. The van der Waals surface area contributed by atoms with Gasteiger partial charge < -0.3 is 9.26 Å². The van der Waals surface area contributed by atoms with Crippen molar-refractivity contribution < 1.29 is 23.8 Å². The van der Waals surface area contributed by atoms with Gasteiger partial charge in [0.2, 0.25) is 5.82 Å². The standard InChI is InChI=1S/C23H13Cl2N3O6/c24-17-8-4-3-7-16(17)22-26-20(34-27-22)12-33-23(30)15-6-2-1-5-14(15)21(29)13-9-10-18(25)19(11-13)28(31)32/h1-11H,12H2. The highest BCUT2D eigenvalue weighted by Crippen LogP contribution is 2.27. The molecule has 0 saturated heterocycles. The fourth-order valence-corrected chi connectivity index (χ4v) is 3.49. The van der Waals surface area contributed by atoms with Crippen LogP contribution in [0.4, 0.5) is 5.69 Å². The third kappa shape index (κ3) is 4.80. The minimum absolute atomic E-state index is 0.00219. The van der Waals surface area contributed by atoms with E-state index in [1.165, 1.54) is 24.3 Å². The van der Waals surface area contributed by atoms with E-state index in [-0.39, 0.29) is 40.0 Å². The molecule has 1 aromatic heterocycles. The zero-order valence-electron chi connectivity index (χ0n) is 17.1. The zero-order chi connectivity index (χ0) is 24.2. The Hall–Kier alpha value is -4.08. The van der Waals surface area contributed by atoms with Crippen LogP contribution in [0.5, 0.6) is 0 Å². The van der Waals surface area contributed by atoms with Gasteiger partial charge in [-0.25, -0.2) is 4.79 Å². The molecular formula is C23H13Cl2N3O6. The van der Waals surface area contributed by atoms with Crippen LogP contribution in [-0.4, -0.2) is 26.8 Å². The first-order valence-electron chi connectivity index (χ1n) is 9.67. The molecule has 0 amide bonds. The molecule has 11 heteroatoms. The van der Waals surface area contributed by atoms with E-state index in [1.54, 1.807) is 36.4 Å². The predicted octanol–water partition coefficient (Wildman–Crippen LogP) is 5.54. The van der Waals surface area contributed by atoms with Gasteiger partial charge in [-0.15, -0.1) is 0 Å². The Labute approximate surface area is 202 Å². The van der Waals surface area contributed by atoms with Gasteiger partial charge >= 0.3 is 5.97 Å². The molecule has 9 nitrogen and oxygen atoms in total. The van der Waals surface area contributed by atoms with Crippen molar-refractivity contribution in [3.63, 3.8) is 0 Å². The second-order valence-corrected chi connectivity index (χ2v) is 7.68. The molecule has 0 radical (unpaired) electrons. The van der Waals surface area contributed by atoms with Gasteiger partial charge in [-0.2, -0.15) is 4.98 Å². The Kier molecular flexibility index (Phi) is 6.67. The maximum Gasteiger partial charge on any atom is 0.339 e.